The van der Waals surface area contributed by atoms with E-state index in [1.54, 1.807) is 0 Å². The molecule has 0 aromatic rings. The summed E-state index contributed by atoms with van der Waals surface area (Å²) < 4.78 is 4.63. The van der Waals surface area contributed by atoms with Gasteiger partial charge in [0, 0.05) is 32.1 Å². The van der Waals surface area contributed by atoms with Gasteiger partial charge in [0.25, 0.3) is 0 Å². The second-order valence-electron chi connectivity index (χ2n) is 4.01. The Bertz CT molecular complexity index is 197. The van der Waals surface area contributed by atoms with Crippen molar-refractivity contribution in [2.45, 2.75) is 18.9 Å². The van der Waals surface area contributed by atoms with E-state index in [1.807, 2.05) is 0 Å². The first kappa shape index (κ1) is 11.5. The Hall–Kier alpha value is -0.610. The van der Waals surface area contributed by atoms with Crippen LogP contribution in [0.15, 0.2) is 0 Å². The van der Waals surface area contributed by atoms with Crippen molar-refractivity contribution >= 4 is 5.97 Å². The van der Waals surface area contributed by atoms with E-state index < -0.39 is 0 Å². The topological polar surface area (TPSA) is 32.8 Å². The molecule has 0 aromatic heterocycles. The molecule has 1 saturated heterocycles. The van der Waals surface area contributed by atoms with Crippen LogP contribution >= 0.6 is 0 Å². The van der Waals surface area contributed by atoms with Crippen molar-refractivity contribution < 1.29 is 9.53 Å². The van der Waals surface area contributed by atoms with Gasteiger partial charge in [-0.05, 0) is 20.5 Å². The Balaban J connectivity index is 2.30. The lowest BCUT2D eigenvalue weighted by Crippen LogP contribution is -2.49. The van der Waals surface area contributed by atoms with E-state index in [0.29, 0.717) is 12.5 Å². The van der Waals surface area contributed by atoms with Crippen molar-refractivity contribution in [2.24, 2.45) is 0 Å². The van der Waals surface area contributed by atoms with Crippen molar-refractivity contribution in [3.05, 3.63) is 0 Å². The second kappa shape index (κ2) is 5.32. The highest BCUT2D eigenvalue weighted by molar-refractivity contribution is 5.69. The molecule has 1 aliphatic heterocycles. The summed E-state index contributed by atoms with van der Waals surface area (Å²) in [5.74, 6) is -0.105. The highest BCUT2D eigenvalue weighted by Gasteiger charge is 2.22. The van der Waals surface area contributed by atoms with Crippen LogP contribution in [0.3, 0.4) is 0 Å². The Labute approximate surface area is 85.8 Å². The first-order valence-electron chi connectivity index (χ1n) is 5.09. The molecule has 1 atom stereocenters. The van der Waals surface area contributed by atoms with E-state index in [0.717, 1.165) is 26.1 Å². The number of methoxy groups -OCH3 is 1. The van der Waals surface area contributed by atoms with E-state index in [-0.39, 0.29) is 5.97 Å². The van der Waals surface area contributed by atoms with Crippen molar-refractivity contribution in [3.8, 4) is 0 Å². The molecule has 1 rings (SSSR count). The smallest absolute Gasteiger partial charge is 0.305 e. The largest absolute Gasteiger partial charge is 0.469 e. The summed E-state index contributed by atoms with van der Waals surface area (Å²) in [6.45, 7) is 3.25. The van der Waals surface area contributed by atoms with Crippen molar-refractivity contribution in [1.82, 2.24) is 9.80 Å². The maximum absolute atomic E-state index is 11.0. The van der Waals surface area contributed by atoms with Crippen LogP contribution in [0, 0.1) is 0 Å². The Morgan fingerprint density at radius 3 is 2.79 bits per heavy atom. The van der Waals surface area contributed by atoms with Crippen LogP contribution in [0.1, 0.15) is 12.8 Å². The normalized spacial score (nSPS) is 24.9. The first-order chi connectivity index (χ1) is 6.63. The van der Waals surface area contributed by atoms with Crippen molar-refractivity contribution in [2.75, 3.05) is 40.8 Å². The molecule has 0 N–H and O–H groups in total. The van der Waals surface area contributed by atoms with Gasteiger partial charge in [-0.3, -0.25) is 4.79 Å². The van der Waals surface area contributed by atoms with Crippen LogP contribution in [0.2, 0.25) is 0 Å². The molecule has 4 heteroatoms. The lowest BCUT2D eigenvalue weighted by molar-refractivity contribution is -0.141. The minimum atomic E-state index is -0.105. The molecule has 0 amide bonds. The van der Waals surface area contributed by atoms with Gasteiger partial charge in [-0.15, -0.1) is 0 Å². The van der Waals surface area contributed by atoms with Crippen molar-refractivity contribution in [1.29, 1.82) is 0 Å². The highest BCUT2D eigenvalue weighted by Crippen LogP contribution is 2.11. The summed E-state index contributed by atoms with van der Waals surface area (Å²) in [6, 6.07) is 0.493. The summed E-state index contributed by atoms with van der Waals surface area (Å²) in [4.78, 5) is 15.6. The van der Waals surface area contributed by atoms with Crippen LogP contribution in [0.25, 0.3) is 0 Å². The molecule has 1 heterocycles. The van der Waals surface area contributed by atoms with E-state index in [1.165, 1.54) is 7.11 Å². The zero-order valence-corrected chi connectivity index (χ0v) is 9.32. The van der Waals surface area contributed by atoms with Crippen LogP contribution in [-0.2, 0) is 9.53 Å². The average Bonchev–Trinajstić information content (AvgIpc) is 2.19. The molecule has 0 aromatic carbocycles. The monoisotopic (exact) mass is 200 g/mol. The van der Waals surface area contributed by atoms with Gasteiger partial charge in [0.05, 0.1) is 7.11 Å². The van der Waals surface area contributed by atoms with Crippen LogP contribution < -0.4 is 0 Å². The minimum absolute atomic E-state index is 0.105. The quantitative estimate of drug-likeness (QED) is 0.609. The Kier molecular flexibility index (Phi) is 4.35. The van der Waals surface area contributed by atoms with Crippen molar-refractivity contribution in [3.63, 3.8) is 0 Å². The average molecular weight is 200 g/mol. The second-order valence-corrected chi connectivity index (χ2v) is 4.01. The molecule has 0 radical (unpaired) electrons. The number of esters is 1. The van der Waals surface area contributed by atoms with Crippen LogP contribution in [0.4, 0.5) is 0 Å². The number of hydrogen-bond donors (Lipinski definition) is 0. The number of ether oxygens (including phenoxy) is 1. The predicted octanol–water partition coefficient (Wildman–Crippen LogP) is 0.185. The summed E-state index contributed by atoms with van der Waals surface area (Å²) >= 11 is 0. The lowest BCUT2D eigenvalue weighted by atomic mass is 10.1. The van der Waals surface area contributed by atoms with Crippen LogP contribution in [-0.4, -0.2) is 62.7 Å². The van der Waals surface area contributed by atoms with Gasteiger partial charge >= 0.3 is 5.97 Å². The Morgan fingerprint density at radius 1 is 1.43 bits per heavy atom. The number of likely N-dealkylation sites (N-methyl/N-ethyl adjacent to an activating group) is 2. The molecule has 0 saturated carbocycles. The van der Waals surface area contributed by atoms with Gasteiger partial charge in [0.2, 0.25) is 0 Å². The highest BCUT2D eigenvalue weighted by atomic mass is 16.5. The summed E-state index contributed by atoms with van der Waals surface area (Å²) in [6.07, 6.45) is 1.42. The van der Waals surface area contributed by atoms with Gasteiger partial charge in [0.1, 0.15) is 0 Å². The fraction of sp³-hybridized carbons (Fsp3) is 0.900. The molecule has 82 valence electrons. The van der Waals surface area contributed by atoms with Gasteiger partial charge < -0.3 is 14.5 Å². The molecule has 0 bridgehead atoms. The summed E-state index contributed by atoms with van der Waals surface area (Å²) in [7, 11) is 5.69. The van der Waals surface area contributed by atoms with Gasteiger partial charge in [-0.25, -0.2) is 0 Å². The third-order valence-electron chi connectivity index (χ3n) is 2.89. The molecular weight excluding hydrogens is 180 g/mol. The zero-order chi connectivity index (χ0) is 10.6. The minimum Gasteiger partial charge on any atom is -0.469 e. The number of rotatable bonds is 3. The molecule has 1 fully saturated rings. The summed E-state index contributed by atoms with van der Waals surface area (Å²) in [5, 5.41) is 0. The van der Waals surface area contributed by atoms with Crippen LogP contribution in [0.5, 0.6) is 0 Å². The predicted molar refractivity (Wildman–Crippen MR) is 55.2 cm³/mol. The number of nitrogens with zero attached hydrogens (tertiary/aromatic N) is 2. The standard InChI is InChI=1S/C10H20N2O2/c1-11-6-7-12(2)9(8-11)4-5-10(13)14-3/h9H,4-8H2,1-3H3/t9-/m1/s1. The number of carbonyl (C=O) groups is 1. The number of hydrogen-bond acceptors (Lipinski definition) is 4. The SMILES string of the molecule is COC(=O)CC[C@@H]1CN(C)CCN1C. The third-order valence-corrected chi connectivity index (χ3v) is 2.89. The van der Waals surface area contributed by atoms with Gasteiger partial charge in [-0.1, -0.05) is 0 Å². The molecule has 4 nitrogen and oxygen atoms in total. The molecule has 14 heavy (non-hydrogen) atoms. The maximum atomic E-state index is 11.0. The third kappa shape index (κ3) is 3.27. The molecule has 0 unspecified atom stereocenters. The molecule has 1 aliphatic rings. The van der Waals surface area contributed by atoms with E-state index in [4.69, 9.17) is 0 Å². The fourth-order valence-electron chi connectivity index (χ4n) is 1.80. The molecule has 0 spiro atoms. The number of piperazine rings is 1. The van der Waals surface area contributed by atoms with E-state index in [2.05, 4.69) is 28.6 Å². The maximum Gasteiger partial charge on any atom is 0.305 e. The fourth-order valence-corrected chi connectivity index (χ4v) is 1.80. The Morgan fingerprint density at radius 2 is 2.14 bits per heavy atom. The van der Waals surface area contributed by atoms with Gasteiger partial charge in [-0.2, -0.15) is 0 Å². The molecule has 0 aliphatic carbocycles. The first-order valence-corrected chi connectivity index (χ1v) is 5.09. The van der Waals surface area contributed by atoms with E-state index in [9.17, 15) is 4.79 Å². The van der Waals surface area contributed by atoms with E-state index >= 15 is 0 Å². The van der Waals surface area contributed by atoms with Gasteiger partial charge in [0.15, 0.2) is 0 Å². The zero-order valence-electron chi connectivity index (χ0n) is 9.32. The molecular formula is C10H20N2O2. The number of carbonyl (C=O) groups excluding carboxylic acids is 1. The lowest BCUT2D eigenvalue weighted by Gasteiger charge is -2.37. The summed E-state index contributed by atoms with van der Waals surface area (Å²) in [5.41, 5.74) is 0.